The monoisotopic (exact) mass is 286 g/mol. The lowest BCUT2D eigenvalue weighted by molar-refractivity contribution is -0.0405. The van der Waals surface area contributed by atoms with E-state index in [1.54, 1.807) is 0 Å². The van der Waals surface area contributed by atoms with Gasteiger partial charge in [0, 0.05) is 38.3 Å². The lowest BCUT2D eigenvalue weighted by Gasteiger charge is -2.48. The van der Waals surface area contributed by atoms with Crippen LogP contribution in [0.1, 0.15) is 53.9 Å². The molecule has 1 aliphatic heterocycles. The summed E-state index contributed by atoms with van der Waals surface area (Å²) < 4.78 is 0. The molecule has 0 aromatic heterocycles. The maximum atomic E-state index is 10.1. The van der Waals surface area contributed by atoms with E-state index in [1.807, 2.05) is 20.8 Å². The third-order valence-corrected chi connectivity index (χ3v) is 4.37. The summed E-state index contributed by atoms with van der Waals surface area (Å²) in [5.41, 5.74) is -0.642. The van der Waals surface area contributed by atoms with E-state index in [0.29, 0.717) is 12.1 Å². The van der Waals surface area contributed by atoms with E-state index in [2.05, 4.69) is 23.6 Å². The van der Waals surface area contributed by atoms with Gasteiger partial charge in [-0.3, -0.25) is 9.80 Å². The number of rotatable bonds is 7. The first-order chi connectivity index (χ1) is 9.30. The van der Waals surface area contributed by atoms with Gasteiger partial charge in [0.15, 0.2) is 0 Å². The Morgan fingerprint density at radius 1 is 1.05 bits per heavy atom. The minimum atomic E-state index is -0.642. The maximum Gasteiger partial charge on any atom is 0.0718 e. The molecule has 0 amide bonds. The van der Waals surface area contributed by atoms with E-state index in [0.717, 1.165) is 45.4 Å². The molecule has 0 spiro atoms. The molecule has 0 saturated carbocycles. The number of nitrogens with zero attached hydrogens (tertiary/aromatic N) is 2. The van der Waals surface area contributed by atoms with E-state index in [4.69, 9.17) is 0 Å². The molecule has 2 N–H and O–H groups in total. The Labute approximate surface area is 124 Å². The first-order valence-electron chi connectivity index (χ1n) is 8.19. The summed E-state index contributed by atoms with van der Waals surface area (Å²) in [6, 6.07) is 0.967. The molecule has 4 nitrogen and oxygen atoms in total. The number of hydrogen-bond acceptors (Lipinski definition) is 4. The number of hydrogen-bond donors (Lipinski definition) is 2. The molecule has 20 heavy (non-hydrogen) atoms. The number of β-amino-alcohol motifs (C(OH)–C–C–N with tert-alkyl or cyclic N) is 2. The number of aliphatic hydroxyl groups excluding tert-OH is 1. The summed E-state index contributed by atoms with van der Waals surface area (Å²) in [4.78, 5) is 4.88. The molecule has 0 radical (unpaired) electrons. The largest absolute Gasteiger partial charge is 0.392 e. The van der Waals surface area contributed by atoms with Gasteiger partial charge in [-0.15, -0.1) is 0 Å². The van der Waals surface area contributed by atoms with Crippen molar-refractivity contribution in [3.05, 3.63) is 0 Å². The van der Waals surface area contributed by atoms with Crippen molar-refractivity contribution in [3.63, 3.8) is 0 Å². The molecular formula is C16H34N2O2. The first kappa shape index (κ1) is 17.9. The van der Waals surface area contributed by atoms with Gasteiger partial charge in [0.25, 0.3) is 0 Å². The van der Waals surface area contributed by atoms with Crippen LogP contribution in [0, 0.1) is 0 Å². The second-order valence-corrected chi connectivity index (χ2v) is 6.88. The molecule has 3 atom stereocenters. The summed E-state index contributed by atoms with van der Waals surface area (Å²) in [6.45, 7) is 13.7. The summed E-state index contributed by atoms with van der Waals surface area (Å²) in [6.07, 6.45) is 2.78. The van der Waals surface area contributed by atoms with Crippen LogP contribution in [0.2, 0.25) is 0 Å². The van der Waals surface area contributed by atoms with E-state index >= 15 is 0 Å². The van der Waals surface area contributed by atoms with Crippen LogP contribution in [-0.4, -0.2) is 70.0 Å². The fourth-order valence-electron chi connectivity index (χ4n) is 3.16. The minimum absolute atomic E-state index is 0.220. The van der Waals surface area contributed by atoms with Crippen molar-refractivity contribution in [2.24, 2.45) is 0 Å². The van der Waals surface area contributed by atoms with Crippen molar-refractivity contribution in [2.75, 3.05) is 26.2 Å². The SMILES string of the molecule is CC[C@H](O)CN1C[C@H](CC)N(CC(C)(C)O)C[C@@H]1CC. The Morgan fingerprint density at radius 2 is 1.55 bits per heavy atom. The van der Waals surface area contributed by atoms with Crippen LogP contribution in [0.5, 0.6) is 0 Å². The quantitative estimate of drug-likeness (QED) is 0.748. The van der Waals surface area contributed by atoms with Gasteiger partial charge in [0.05, 0.1) is 11.7 Å². The number of aliphatic hydroxyl groups is 2. The van der Waals surface area contributed by atoms with E-state index < -0.39 is 5.60 Å². The zero-order chi connectivity index (χ0) is 15.3. The summed E-state index contributed by atoms with van der Waals surface area (Å²) in [5.74, 6) is 0. The lowest BCUT2D eigenvalue weighted by atomic mass is 9.99. The van der Waals surface area contributed by atoms with Crippen LogP contribution >= 0.6 is 0 Å². The van der Waals surface area contributed by atoms with Crippen molar-refractivity contribution in [1.82, 2.24) is 9.80 Å². The molecule has 1 saturated heterocycles. The highest BCUT2D eigenvalue weighted by atomic mass is 16.3. The summed E-state index contributed by atoms with van der Waals surface area (Å²) >= 11 is 0. The van der Waals surface area contributed by atoms with Gasteiger partial charge in [0.1, 0.15) is 0 Å². The highest BCUT2D eigenvalue weighted by Gasteiger charge is 2.34. The third kappa shape index (κ3) is 5.32. The van der Waals surface area contributed by atoms with Gasteiger partial charge in [0.2, 0.25) is 0 Å². The van der Waals surface area contributed by atoms with E-state index in [9.17, 15) is 10.2 Å². The molecule has 1 rings (SSSR count). The van der Waals surface area contributed by atoms with Crippen molar-refractivity contribution < 1.29 is 10.2 Å². The third-order valence-electron chi connectivity index (χ3n) is 4.37. The zero-order valence-electron chi connectivity index (χ0n) is 14.0. The Morgan fingerprint density at radius 3 is 2.00 bits per heavy atom. The summed E-state index contributed by atoms with van der Waals surface area (Å²) in [7, 11) is 0. The van der Waals surface area contributed by atoms with Crippen molar-refractivity contribution in [3.8, 4) is 0 Å². The fourth-order valence-corrected chi connectivity index (χ4v) is 3.16. The lowest BCUT2D eigenvalue weighted by Crippen LogP contribution is -2.61. The maximum absolute atomic E-state index is 10.1. The molecule has 1 aliphatic rings. The van der Waals surface area contributed by atoms with Gasteiger partial charge >= 0.3 is 0 Å². The van der Waals surface area contributed by atoms with Crippen LogP contribution in [0.25, 0.3) is 0 Å². The molecule has 1 heterocycles. The van der Waals surface area contributed by atoms with Crippen molar-refractivity contribution >= 4 is 0 Å². The Bertz CT molecular complexity index is 278. The minimum Gasteiger partial charge on any atom is -0.392 e. The van der Waals surface area contributed by atoms with Gasteiger partial charge < -0.3 is 10.2 Å². The molecular weight excluding hydrogens is 252 g/mol. The molecule has 0 unspecified atom stereocenters. The van der Waals surface area contributed by atoms with E-state index in [-0.39, 0.29) is 6.10 Å². The van der Waals surface area contributed by atoms with Crippen LogP contribution in [0.3, 0.4) is 0 Å². The Hall–Kier alpha value is -0.160. The standard InChI is InChI=1S/C16H34N2O2/c1-6-13-10-18(12-16(4,5)20)14(7-2)9-17(13)11-15(19)8-3/h13-15,19-20H,6-12H2,1-5H3/t13-,14-,15-/m0/s1. The van der Waals surface area contributed by atoms with Gasteiger partial charge in [-0.05, 0) is 33.1 Å². The van der Waals surface area contributed by atoms with Gasteiger partial charge in [-0.1, -0.05) is 20.8 Å². The zero-order valence-corrected chi connectivity index (χ0v) is 14.0. The highest BCUT2D eigenvalue weighted by Crippen LogP contribution is 2.22. The molecule has 4 heteroatoms. The van der Waals surface area contributed by atoms with Crippen LogP contribution in [0.4, 0.5) is 0 Å². The normalized spacial score (nSPS) is 27.8. The second kappa shape index (κ2) is 7.74. The Balaban J connectivity index is 2.71. The topological polar surface area (TPSA) is 46.9 Å². The predicted octanol–water partition coefficient (Wildman–Crippen LogP) is 1.70. The van der Waals surface area contributed by atoms with Gasteiger partial charge in [-0.25, -0.2) is 0 Å². The van der Waals surface area contributed by atoms with Crippen LogP contribution in [-0.2, 0) is 0 Å². The van der Waals surface area contributed by atoms with Crippen molar-refractivity contribution in [1.29, 1.82) is 0 Å². The molecule has 0 aromatic carbocycles. The van der Waals surface area contributed by atoms with Gasteiger partial charge in [-0.2, -0.15) is 0 Å². The predicted molar refractivity (Wildman–Crippen MR) is 83.9 cm³/mol. The molecule has 0 aliphatic carbocycles. The fraction of sp³-hybridized carbons (Fsp3) is 1.00. The molecule has 1 fully saturated rings. The van der Waals surface area contributed by atoms with E-state index in [1.165, 1.54) is 0 Å². The number of piperazine rings is 1. The van der Waals surface area contributed by atoms with Crippen LogP contribution < -0.4 is 0 Å². The highest BCUT2D eigenvalue weighted by molar-refractivity contribution is 4.90. The second-order valence-electron chi connectivity index (χ2n) is 6.88. The molecule has 0 bridgehead atoms. The average molecular weight is 286 g/mol. The Kier molecular flexibility index (Phi) is 6.92. The average Bonchev–Trinajstić information content (AvgIpc) is 2.37. The molecule has 0 aromatic rings. The molecule has 120 valence electrons. The smallest absolute Gasteiger partial charge is 0.0718 e. The first-order valence-corrected chi connectivity index (χ1v) is 8.19. The van der Waals surface area contributed by atoms with Crippen LogP contribution in [0.15, 0.2) is 0 Å². The van der Waals surface area contributed by atoms with Crippen molar-refractivity contribution in [2.45, 2.75) is 77.7 Å². The summed E-state index contributed by atoms with van der Waals surface area (Å²) in [5, 5.41) is 20.0.